The van der Waals surface area contributed by atoms with Gasteiger partial charge in [-0.05, 0) is 93.0 Å². The van der Waals surface area contributed by atoms with Gasteiger partial charge in [-0.15, -0.1) is 0 Å². The second kappa shape index (κ2) is 17.2. The molecule has 0 radical (unpaired) electrons. The van der Waals surface area contributed by atoms with E-state index in [4.69, 9.17) is 4.74 Å². The van der Waals surface area contributed by atoms with Crippen molar-refractivity contribution < 1.29 is 19.1 Å². The minimum Gasteiger partial charge on any atom is -0.444 e. The van der Waals surface area contributed by atoms with Crippen molar-refractivity contribution in [2.75, 3.05) is 11.9 Å². The summed E-state index contributed by atoms with van der Waals surface area (Å²) in [5.41, 5.74) is 2.73. The Morgan fingerprint density at radius 1 is 0.848 bits per heavy atom. The van der Waals surface area contributed by atoms with Gasteiger partial charge in [0, 0.05) is 12.2 Å². The number of anilines is 1. The third kappa shape index (κ3) is 10.9. The Labute approximate surface area is 276 Å². The molecule has 0 fully saturated rings. The summed E-state index contributed by atoms with van der Waals surface area (Å²) in [6.45, 7) is 16.0. The van der Waals surface area contributed by atoms with E-state index in [-0.39, 0.29) is 17.7 Å². The lowest BCUT2D eigenvalue weighted by molar-refractivity contribution is -0.141. The molecule has 0 spiro atoms. The van der Waals surface area contributed by atoms with E-state index >= 15 is 0 Å². The molecule has 250 valence electrons. The van der Waals surface area contributed by atoms with Crippen LogP contribution in [0.4, 0.5) is 10.5 Å². The molecule has 0 aliphatic carbocycles. The molecule has 0 bridgehead atoms. The van der Waals surface area contributed by atoms with Gasteiger partial charge in [0.15, 0.2) is 0 Å². The van der Waals surface area contributed by atoms with Crippen LogP contribution >= 0.6 is 0 Å². The number of unbranched alkanes of at least 4 members (excludes halogenated alkanes) is 5. The number of ether oxygens (including phenoxy) is 1. The maximum absolute atomic E-state index is 14.7. The van der Waals surface area contributed by atoms with Gasteiger partial charge in [-0.1, -0.05) is 101 Å². The first-order valence-corrected chi connectivity index (χ1v) is 17.0. The molecule has 0 aliphatic rings. The molecule has 0 heterocycles. The molecule has 0 aromatic heterocycles. The average molecular weight is 630 g/mol. The fourth-order valence-electron chi connectivity index (χ4n) is 5.77. The van der Waals surface area contributed by atoms with E-state index in [2.05, 4.69) is 17.6 Å². The smallest absolute Gasteiger partial charge is 0.408 e. The lowest BCUT2D eigenvalue weighted by atomic mass is 9.93. The Balaban J connectivity index is 2.06. The molecular formula is C39H55N3O4. The van der Waals surface area contributed by atoms with E-state index in [0.717, 1.165) is 59.6 Å². The fourth-order valence-corrected chi connectivity index (χ4v) is 5.77. The van der Waals surface area contributed by atoms with Crippen molar-refractivity contribution in [1.29, 1.82) is 0 Å². The van der Waals surface area contributed by atoms with Crippen molar-refractivity contribution in [2.24, 2.45) is 5.92 Å². The Bertz CT molecular complexity index is 1460. The van der Waals surface area contributed by atoms with Crippen LogP contribution in [0.3, 0.4) is 0 Å². The third-order valence-electron chi connectivity index (χ3n) is 8.25. The summed E-state index contributed by atoms with van der Waals surface area (Å²) in [5.74, 6) is -0.457. The molecule has 46 heavy (non-hydrogen) atoms. The monoisotopic (exact) mass is 629 g/mol. The van der Waals surface area contributed by atoms with Crippen LogP contribution in [0.15, 0.2) is 60.7 Å². The summed E-state index contributed by atoms with van der Waals surface area (Å²) >= 11 is 0. The quantitative estimate of drug-likeness (QED) is 0.164. The highest BCUT2D eigenvalue weighted by Crippen LogP contribution is 2.30. The van der Waals surface area contributed by atoms with Gasteiger partial charge in [0.2, 0.25) is 5.91 Å². The predicted octanol–water partition coefficient (Wildman–Crippen LogP) is 9.26. The first kappa shape index (κ1) is 36.6. The number of alkyl carbamates (subject to hydrolysis) is 1. The number of rotatable bonds is 15. The van der Waals surface area contributed by atoms with E-state index in [1.165, 1.54) is 6.42 Å². The van der Waals surface area contributed by atoms with Gasteiger partial charge in [-0.25, -0.2) is 4.79 Å². The van der Waals surface area contributed by atoms with Gasteiger partial charge in [-0.2, -0.15) is 0 Å². The summed E-state index contributed by atoms with van der Waals surface area (Å²) in [6.07, 6.45) is 6.01. The number of carbonyl (C=O) groups is 3. The first-order chi connectivity index (χ1) is 21.8. The van der Waals surface area contributed by atoms with Crippen molar-refractivity contribution in [3.63, 3.8) is 0 Å². The summed E-state index contributed by atoms with van der Waals surface area (Å²) in [7, 11) is 0. The molecule has 3 aromatic carbocycles. The van der Waals surface area contributed by atoms with Crippen LogP contribution in [0, 0.1) is 19.8 Å². The maximum Gasteiger partial charge on any atom is 0.408 e. The van der Waals surface area contributed by atoms with Crippen molar-refractivity contribution >= 4 is 34.4 Å². The zero-order chi connectivity index (χ0) is 33.9. The average Bonchev–Trinajstić information content (AvgIpc) is 2.98. The van der Waals surface area contributed by atoms with Crippen molar-refractivity contribution in [1.82, 2.24) is 10.2 Å². The number of nitrogens with zero attached hydrogens (tertiary/aromatic N) is 1. The van der Waals surface area contributed by atoms with Crippen LogP contribution in [-0.4, -0.2) is 41.0 Å². The zero-order valence-electron chi connectivity index (χ0n) is 29.2. The second-order valence-electron chi connectivity index (χ2n) is 13.9. The topological polar surface area (TPSA) is 87.7 Å². The maximum atomic E-state index is 14.7. The number of hydrogen-bond donors (Lipinski definition) is 2. The highest BCUT2D eigenvalue weighted by molar-refractivity contribution is 6.00. The van der Waals surface area contributed by atoms with E-state index in [1.807, 2.05) is 88.4 Å². The molecule has 0 saturated heterocycles. The zero-order valence-corrected chi connectivity index (χ0v) is 29.2. The highest BCUT2D eigenvalue weighted by Gasteiger charge is 2.37. The van der Waals surface area contributed by atoms with Gasteiger partial charge in [0.1, 0.15) is 17.7 Å². The molecule has 7 nitrogen and oxygen atoms in total. The number of benzene rings is 3. The van der Waals surface area contributed by atoms with E-state index in [9.17, 15) is 14.4 Å². The van der Waals surface area contributed by atoms with E-state index < -0.39 is 23.8 Å². The van der Waals surface area contributed by atoms with Gasteiger partial charge < -0.3 is 20.3 Å². The molecular weight excluding hydrogens is 574 g/mol. The molecule has 2 atom stereocenters. The van der Waals surface area contributed by atoms with E-state index in [0.29, 0.717) is 18.7 Å². The summed E-state index contributed by atoms with van der Waals surface area (Å²) in [4.78, 5) is 43.8. The minimum absolute atomic E-state index is 0.116. The van der Waals surface area contributed by atoms with Gasteiger partial charge in [0.25, 0.3) is 5.91 Å². The van der Waals surface area contributed by atoms with E-state index in [1.54, 1.807) is 25.7 Å². The van der Waals surface area contributed by atoms with Gasteiger partial charge >= 0.3 is 6.09 Å². The second-order valence-corrected chi connectivity index (χ2v) is 13.9. The Kier molecular flexibility index (Phi) is 13.7. The van der Waals surface area contributed by atoms with Crippen molar-refractivity contribution in [3.05, 3.63) is 77.4 Å². The summed E-state index contributed by atoms with van der Waals surface area (Å²) in [6, 6.07) is 18.0. The highest BCUT2D eigenvalue weighted by atomic mass is 16.6. The van der Waals surface area contributed by atoms with Gasteiger partial charge in [-0.3, -0.25) is 9.59 Å². The molecule has 3 aromatic rings. The van der Waals surface area contributed by atoms with Crippen LogP contribution in [0.5, 0.6) is 0 Å². The van der Waals surface area contributed by atoms with Crippen LogP contribution in [0.2, 0.25) is 0 Å². The summed E-state index contributed by atoms with van der Waals surface area (Å²) in [5, 5.41) is 8.10. The third-order valence-corrected chi connectivity index (χ3v) is 8.25. The number of hydrogen-bond acceptors (Lipinski definition) is 4. The van der Waals surface area contributed by atoms with Crippen LogP contribution in [0.25, 0.3) is 10.8 Å². The van der Waals surface area contributed by atoms with Crippen molar-refractivity contribution in [3.8, 4) is 0 Å². The minimum atomic E-state index is -0.899. The molecule has 0 saturated carbocycles. The SMILES string of the molecule is CCCCCCCCN(C(=O)C(CC(C)C)NC(=O)OC(C)(C)C)C(C(=O)Nc1ccc2ccccc2c1)c1cccc(C)c1C. The van der Waals surface area contributed by atoms with Crippen LogP contribution in [-0.2, 0) is 14.3 Å². The summed E-state index contributed by atoms with van der Waals surface area (Å²) < 4.78 is 5.56. The van der Waals surface area contributed by atoms with Gasteiger partial charge in [0.05, 0.1) is 0 Å². The number of aryl methyl sites for hydroxylation is 1. The van der Waals surface area contributed by atoms with Crippen molar-refractivity contribution in [2.45, 2.75) is 118 Å². The first-order valence-electron chi connectivity index (χ1n) is 17.0. The standard InChI is InChI=1S/C39H55N3O4/c1-9-10-11-12-13-16-24-42(37(44)34(25-27(2)3)41-38(45)46-39(6,7)8)35(33-21-17-18-28(4)29(33)5)36(43)40-32-23-22-30-19-14-15-20-31(30)26-32/h14-15,17-23,26-27,34-35H,9-13,16,24-25H2,1-8H3,(H,40,43)(H,41,45). The molecule has 3 amide bonds. The molecule has 3 rings (SSSR count). The molecule has 2 unspecified atom stereocenters. The number of nitrogens with one attached hydrogen (secondary N) is 2. The lowest BCUT2D eigenvalue weighted by Crippen LogP contribution is -2.53. The van der Waals surface area contributed by atoms with Crippen LogP contribution < -0.4 is 10.6 Å². The normalized spacial score (nSPS) is 12.9. The Morgan fingerprint density at radius 2 is 1.52 bits per heavy atom. The molecule has 7 heteroatoms. The number of fused-ring (bicyclic) bond motifs is 1. The number of amides is 3. The number of carbonyl (C=O) groups excluding carboxylic acids is 3. The largest absolute Gasteiger partial charge is 0.444 e. The molecule has 0 aliphatic heterocycles. The lowest BCUT2D eigenvalue weighted by Gasteiger charge is -2.36. The molecule has 2 N–H and O–H groups in total. The fraction of sp³-hybridized carbons (Fsp3) is 0.513. The predicted molar refractivity (Wildman–Crippen MR) is 189 cm³/mol. The Morgan fingerprint density at radius 3 is 2.20 bits per heavy atom. The van der Waals surface area contributed by atoms with Crippen LogP contribution in [0.1, 0.15) is 109 Å². The Hall–Kier alpha value is -3.87.